The van der Waals surface area contributed by atoms with Gasteiger partial charge in [0.2, 0.25) is 0 Å². The molecule has 1 amide bonds. The minimum Gasteiger partial charge on any atom is -0.446 e. The van der Waals surface area contributed by atoms with Gasteiger partial charge in [0.25, 0.3) is 0 Å². The minimum atomic E-state index is -0.326. The first-order chi connectivity index (χ1) is 6.34. The lowest BCUT2D eigenvalue weighted by atomic mass is 10.4. The van der Waals surface area contributed by atoms with Crippen molar-refractivity contribution < 1.29 is 9.53 Å². The van der Waals surface area contributed by atoms with Gasteiger partial charge in [-0.1, -0.05) is 30.0 Å². The first kappa shape index (κ1) is 8.44. The van der Waals surface area contributed by atoms with E-state index in [1.165, 1.54) is 0 Å². The molecule has 1 fully saturated rings. The third-order valence-corrected chi connectivity index (χ3v) is 2.75. The number of rotatable bonds is 2. The molecule has 1 saturated heterocycles. The van der Waals surface area contributed by atoms with Crippen LogP contribution in [0.4, 0.5) is 4.79 Å². The predicted octanol–water partition coefficient (Wildman–Crippen LogP) is 1.84. The number of benzene rings is 1. The summed E-state index contributed by atoms with van der Waals surface area (Å²) < 4.78 is 4.77. The van der Waals surface area contributed by atoms with Crippen LogP contribution in [0.25, 0.3) is 0 Å². The summed E-state index contributed by atoms with van der Waals surface area (Å²) in [6.45, 7) is 0.443. The second kappa shape index (κ2) is 3.70. The Labute approximate surface area is 80.5 Å². The van der Waals surface area contributed by atoms with Crippen molar-refractivity contribution in [2.75, 3.05) is 6.61 Å². The molecule has 1 heterocycles. The largest absolute Gasteiger partial charge is 0.446 e. The molecule has 0 radical (unpaired) electrons. The van der Waals surface area contributed by atoms with Crippen LogP contribution in [0.1, 0.15) is 0 Å². The molecule has 0 aromatic heterocycles. The standard InChI is InChI=1S/C9H9NO2S/c11-9-10-8(6-12-9)13-7-4-2-1-3-5-7/h1-5,8H,6H2,(H,10,11)/t8-/m0/s1. The number of thioether (sulfide) groups is 1. The van der Waals surface area contributed by atoms with Crippen molar-refractivity contribution in [2.45, 2.75) is 10.3 Å². The molecule has 3 nitrogen and oxygen atoms in total. The number of hydrogen-bond donors (Lipinski definition) is 1. The highest BCUT2D eigenvalue weighted by molar-refractivity contribution is 8.00. The summed E-state index contributed by atoms with van der Waals surface area (Å²) >= 11 is 1.60. The fourth-order valence-electron chi connectivity index (χ4n) is 1.09. The number of nitrogens with one attached hydrogen (secondary N) is 1. The van der Waals surface area contributed by atoms with Crippen molar-refractivity contribution in [2.24, 2.45) is 0 Å². The fourth-order valence-corrected chi connectivity index (χ4v) is 2.03. The van der Waals surface area contributed by atoms with Crippen LogP contribution in [0.5, 0.6) is 0 Å². The first-order valence-electron chi connectivity index (χ1n) is 3.99. The van der Waals surface area contributed by atoms with Crippen molar-refractivity contribution in [1.82, 2.24) is 5.32 Å². The molecule has 0 spiro atoms. The smallest absolute Gasteiger partial charge is 0.408 e. The summed E-state index contributed by atoms with van der Waals surface area (Å²) in [6.07, 6.45) is -0.326. The Morgan fingerprint density at radius 1 is 1.38 bits per heavy atom. The molecule has 1 aliphatic heterocycles. The normalized spacial score (nSPS) is 20.9. The summed E-state index contributed by atoms with van der Waals surface area (Å²) in [7, 11) is 0. The zero-order valence-corrected chi connectivity index (χ0v) is 7.71. The highest BCUT2D eigenvalue weighted by atomic mass is 32.2. The van der Waals surface area contributed by atoms with E-state index in [4.69, 9.17) is 4.74 Å². The molecule has 1 N–H and O–H groups in total. The summed E-state index contributed by atoms with van der Waals surface area (Å²) in [5.74, 6) is 0. The molecule has 1 atom stereocenters. The second-order valence-corrected chi connectivity index (χ2v) is 3.94. The van der Waals surface area contributed by atoms with Crippen molar-refractivity contribution in [3.8, 4) is 0 Å². The number of cyclic esters (lactones) is 1. The van der Waals surface area contributed by atoms with Gasteiger partial charge < -0.3 is 10.1 Å². The number of carbonyl (C=O) groups excluding carboxylic acids is 1. The Morgan fingerprint density at radius 2 is 2.15 bits per heavy atom. The van der Waals surface area contributed by atoms with Gasteiger partial charge in [0.1, 0.15) is 12.0 Å². The van der Waals surface area contributed by atoms with Crippen molar-refractivity contribution in [3.05, 3.63) is 30.3 Å². The molecule has 0 aliphatic carbocycles. The average Bonchev–Trinajstić information content (AvgIpc) is 2.53. The van der Waals surface area contributed by atoms with Gasteiger partial charge in [0.05, 0.1) is 0 Å². The maximum Gasteiger partial charge on any atom is 0.408 e. The number of carbonyl (C=O) groups is 1. The zero-order chi connectivity index (χ0) is 9.10. The Balaban J connectivity index is 1.96. The lowest BCUT2D eigenvalue weighted by molar-refractivity contribution is 0.178. The monoisotopic (exact) mass is 195 g/mol. The van der Waals surface area contributed by atoms with Crippen LogP contribution >= 0.6 is 11.8 Å². The van der Waals surface area contributed by atoms with Crippen LogP contribution < -0.4 is 5.32 Å². The molecule has 0 bridgehead atoms. The van der Waals surface area contributed by atoms with E-state index < -0.39 is 0 Å². The van der Waals surface area contributed by atoms with Gasteiger partial charge in [0, 0.05) is 4.90 Å². The maximum absolute atomic E-state index is 10.7. The molecule has 13 heavy (non-hydrogen) atoms. The van der Waals surface area contributed by atoms with Crippen LogP contribution in [-0.2, 0) is 4.74 Å². The van der Waals surface area contributed by atoms with Gasteiger partial charge in [-0.2, -0.15) is 0 Å². The van der Waals surface area contributed by atoms with Crippen LogP contribution in [-0.4, -0.2) is 18.1 Å². The molecular weight excluding hydrogens is 186 g/mol. The van der Waals surface area contributed by atoms with Gasteiger partial charge >= 0.3 is 6.09 Å². The van der Waals surface area contributed by atoms with Crippen LogP contribution in [0.15, 0.2) is 35.2 Å². The maximum atomic E-state index is 10.7. The molecule has 1 aromatic carbocycles. The summed E-state index contributed by atoms with van der Waals surface area (Å²) in [6, 6.07) is 9.93. The third-order valence-electron chi connectivity index (χ3n) is 1.67. The first-order valence-corrected chi connectivity index (χ1v) is 4.87. The predicted molar refractivity (Wildman–Crippen MR) is 50.6 cm³/mol. The number of amides is 1. The lowest BCUT2D eigenvalue weighted by Crippen LogP contribution is -2.22. The van der Waals surface area contributed by atoms with E-state index in [0.717, 1.165) is 4.90 Å². The van der Waals surface area contributed by atoms with Crippen molar-refractivity contribution >= 4 is 17.9 Å². The Hall–Kier alpha value is -1.16. The van der Waals surface area contributed by atoms with Crippen molar-refractivity contribution in [3.63, 3.8) is 0 Å². The number of hydrogen-bond acceptors (Lipinski definition) is 3. The number of alkyl carbamates (subject to hydrolysis) is 1. The van der Waals surface area contributed by atoms with E-state index in [1.807, 2.05) is 30.3 Å². The summed E-state index contributed by atoms with van der Waals surface area (Å²) in [5, 5.41) is 2.75. The van der Waals surface area contributed by atoms with Gasteiger partial charge in [-0.3, -0.25) is 0 Å². The van der Waals surface area contributed by atoms with Crippen molar-refractivity contribution in [1.29, 1.82) is 0 Å². The van der Waals surface area contributed by atoms with E-state index in [9.17, 15) is 4.79 Å². The van der Waals surface area contributed by atoms with Gasteiger partial charge in [-0.15, -0.1) is 0 Å². The van der Waals surface area contributed by atoms with E-state index in [1.54, 1.807) is 11.8 Å². The summed E-state index contributed by atoms with van der Waals surface area (Å²) in [5.41, 5.74) is 0. The van der Waals surface area contributed by atoms with E-state index in [-0.39, 0.29) is 11.5 Å². The fraction of sp³-hybridized carbons (Fsp3) is 0.222. The average molecular weight is 195 g/mol. The minimum absolute atomic E-state index is 0.0508. The Morgan fingerprint density at radius 3 is 2.77 bits per heavy atom. The van der Waals surface area contributed by atoms with E-state index in [2.05, 4.69) is 5.32 Å². The SMILES string of the molecule is O=C1N[C@@H](Sc2ccccc2)CO1. The third kappa shape index (κ3) is 2.15. The molecule has 1 aliphatic rings. The molecule has 4 heteroatoms. The van der Waals surface area contributed by atoms with Gasteiger partial charge in [0.15, 0.2) is 0 Å². The van der Waals surface area contributed by atoms with Crippen LogP contribution in [0.3, 0.4) is 0 Å². The molecule has 0 unspecified atom stereocenters. The van der Waals surface area contributed by atoms with Gasteiger partial charge in [-0.25, -0.2) is 4.79 Å². The quantitative estimate of drug-likeness (QED) is 0.782. The zero-order valence-electron chi connectivity index (χ0n) is 6.90. The topological polar surface area (TPSA) is 38.3 Å². The summed E-state index contributed by atoms with van der Waals surface area (Å²) in [4.78, 5) is 11.8. The molecule has 1 aromatic rings. The van der Waals surface area contributed by atoms with E-state index >= 15 is 0 Å². The lowest BCUT2D eigenvalue weighted by Gasteiger charge is -2.05. The van der Waals surface area contributed by atoms with E-state index in [0.29, 0.717) is 6.61 Å². The Kier molecular flexibility index (Phi) is 2.40. The Bertz CT molecular complexity index is 302. The molecule has 2 rings (SSSR count). The van der Waals surface area contributed by atoms with Gasteiger partial charge in [-0.05, 0) is 12.1 Å². The molecular formula is C9H9NO2S. The molecule has 0 saturated carbocycles. The second-order valence-electron chi connectivity index (χ2n) is 2.66. The number of ether oxygens (including phenoxy) is 1. The van der Waals surface area contributed by atoms with Crippen LogP contribution in [0.2, 0.25) is 0 Å². The highest BCUT2D eigenvalue weighted by Gasteiger charge is 2.22. The highest BCUT2D eigenvalue weighted by Crippen LogP contribution is 2.23. The molecule has 68 valence electrons. The van der Waals surface area contributed by atoms with Crippen LogP contribution in [0, 0.1) is 0 Å².